The van der Waals surface area contributed by atoms with Gasteiger partial charge in [0.15, 0.2) is 0 Å². The van der Waals surface area contributed by atoms with E-state index < -0.39 is 39.7 Å². The third kappa shape index (κ3) is 3.55. The highest BCUT2D eigenvalue weighted by Gasteiger charge is 2.57. The van der Waals surface area contributed by atoms with Crippen molar-refractivity contribution in [1.29, 1.82) is 0 Å². The number of nitrogens with one attached hydrogen (secondary N) is 1. The second-order valence-corrected chi connectivity index (χ2v) is 6.37. The Morgan fingerprint density at radius 1 is 1.21 bits per heavy atom. The first-order valence-corrected chi connectivity index (χ1v) is 7.72. The van der Waals surface area contributed by atoms with Crippen LogP contribution in [0.5, 0.6) is 0 Å². The second-order valence-electron chi connectivity index (χ2n) is 5.21. The summed E-state index contributed by atoms with van der Waals surface area (Å²) in [5.41, 5.74) is 0.236. The van der Waals surface area contributed by atoms with E-state index in [1.54, 1.807) is 12.1 Å². The van der Waals surface area contributed by atoms with E-state index in [1.807, 2.05) is 6.92 Å². The lowest BCUT2D eigenvalue weighted by Crippen LogP contribution is -2.39. The summed E-state index contributed by atoms with van der Waals surface area (Å²) in [5, 5.41) is -4.74. The van der Waals surface area contributed by atoms with Gasteiger partial charge in [0.1, 0.15) is 0 Å². The molecule has 0 unspecified atom stereocenters. The number of hydrogen-bond acceptors (Lipinski definition) is 2. The zero-order chi connectivity index (χ0) is 18.3. The lowest BCUT2D eigenvalue weighted by Gasteiger charge is -2.22. The van der Waals surface area contributed by atoms with Gasteiger partial charge in [-0.05, 0) is 42.8 Å². The fourth-order valence-electron chi connectivity index (χ4n) is 2.16. The molecule has 0 saturated heterocycles. The summed E-state index contributed by atoms with van der Waals surface area (Å²) in [4.78, 5) is 14.5. The topological polar surface area (TPSA) is 32.9 Å². The highest BCUT2D eigenvalue weighted by atomic mass is 32.2. The number of halogens is 6. The fourth-order valence-corrected chi connectivity index (χ4v) is 3.08. The van der Waals surface area contributed by atoms with Gasteiger partial charge in [0.05, 0.1) is 4.90 Å². The molecule has 0 aliphatic carbocycles. The molecule has 2 aromatic rings. The van der Waals surface area contributed by atoms with Crippen LogP contribution in [0.25, 0.3) is 10.9 Å². The summed E-state index contributed by atoms with van der Waals surface area (Å²) in [6, 6.07) is 4.80. The molecule has 0 aliphatic rings. The zero-order valence-electron chi connectivity index (χ0n) is 12.6. The lowest BCUT2D eigenvalue weighted by atomic mass is 10.1. The van der Waals surface area contributed by atoms with Crippen LogP contribution >= 0.6 is 11.8 Å². The van der Waals surface area contributed by atoms with Crippen molar-refractivity contribution in [3.8, 4) is 0 Å². The van der Waals surface area contributed by atoms with Crippen molar-refractivity contribution in [3.63, 3.8) is 0 Å². The summed E-state index contributed by atoms with van der Waals surface area (Å²) >= 11 is -0.710. The quantitative estimate of drug-likeness (QED) is 0.609. The highest BCUT2D eigenvalue weighted by Crippen LogP contribution is 2.45. The first-order chi connectivity index (χ1) is 11.0. The van der Waals surface area contributed by atoms with E-state index in [0.29, 0.717) is 11.9 Å². The summed E-state index contributed by atoms with van der Waals surface area (Å²) in [6.07, 6.45) is -9.50. The molecule has 0 aliphatic heterocycles. The number of fused-ring (bicyclic) bond motifs is 1. The molecule has 1 N–H and O–H groups in total. The summed E-state index contributed by atoms with van der Waals surface area (Å²) in [6.45, 7) is 3.10. The molecule has 1 aromatic carbocycles. The van der Waals surface area contributed by atoms with E-state index >= 15 is 0 Å². The molecule has 0 amide bonds. The molecule has 2 nitrogen and oxygen atoms in total. The summed E-state index contributed by atoms with van der Waals surface area (Å²) in [7, 11) is 0. The summed E-state index contributed by atoms with van der Waals surface area (Å²) in [5.74, 6) is 0. The number of pyridine rings is 1. The second kappa shape index (κ2) is 6.34. The summed E-state index contributed by atoms with van der Waals surface area (Å²) < 4.78 is 77.0. The average Bonchev–Trinajstić information content (AvgIpc) is 2.49. The Labute approximate surface area is 137 Å². The molecule has 0 bridgehead atoms. The smallest absolute Gasteiger partial charge is 0.357 e. The number of H-pyrrole nitrogens is 1. The van der Waals surface area contributed by atoms with Crippen molar-refractivity contribution in [2.75, 3.05) is 0 Å². The Balaban J connectivity index is 2.54. The molecule has 2 rings (SSSR count). The number of thioether (sulfide) groups is 1. The number of rotatable bonds is 4. The zero-order valence-corrected chi connectivity index (χ0v) is 13.4. The Kier molecular flexibility index (Phi) is 4.94. The maximum atomic E-state index is 13.6. The molecule has 0 saturated carbocycles. The van der Waals surface area contributed by atoms with Crippen molar-refractivity contribution in [2.45, 2.75) is 42.8 Å². The third-order valence-electron chi connectivity index (χ3n) is 3.43. The molecule has 0 spiro atoms. The molecule has 9 heteroatoms. The predicted octanol–water partition coefficient (Wildman–Crippen LogP) is 4.98. The van der Waals surface area contributed by atoms with E-state index in [4.69, 9.17) is 0 Å². The largest absolute Gasteiger partial charge is 0.426 e. The molecule has 132 valence electrons. The van der Waals surface area contributed by atoms with Gasteiger partial charge in [0.2, 0.25) is 5.43 Å². The highest BCUT2D eigenvalue weighted by molar-refractivity contribution is 8.00. The SMILES string of the molecule is CCc1ccc2[nH]c(C)c(SC(F)(F)[C@H](F)C(F)(F)F)c(=O)c2c1. The molecule has 0 fully saturated rings. The van der Waals surface area contributed by atoms with Gasteiger partial charge in [-0.15, -0.1) is 0 Å². The number of aromatic nitrogens is 1. The van der Waals surface area contributed by atoms with Crippen molar-refractivity contribution < 1.29 is 26.3 Å². The molecule has 24 heavy (non-hydrogen) atoms. The predicted molar refractivity (Wildman–Crippen MR) is 80.4 cm³/mol. The minimum atomic E-state index is -5.72. The number of aryl methyl sites for hydroxylation is 2. The van der Waals surface area contributed by atoms with Gasteiger partial charge in [0, 0.05) is 16.6 Å². The maximum Gasteiger partial charge on any atom is 0.426 e. The standard InChI is InChI=1S/C15H13F6NOS/c1-3-8-4-5-10-9(6-8)11(23)12(7(2)22-10)24-15(20,21)13(16)14(17,18)19/h4-6,13H,3H2,1-2H3,(H,22,23)/t13-/m1/s1. The molecule has 1 aromatic heterocycles. The third-order valence-corrected chi connectivity index (χ3v) is 4.60. The van der Waals surface area contributed by atoms with E-state index in [1.165, 1.54) is 13.0 Å². The molecule has 1 atom stereocenters. The number of alkyl halides is 6. The van der Waals surface area contributed by atoms with Crippen molar-refractivity contribution in [2.24, 2.45) is 0 Å². The van der Waals surface area contributed by atoms with Crippen LogP contribution < -0.4 is 5.43 Å². The van der Waals surface area contributed by atoms with Gasteiger partial charge in [-0.2, -0.15) is 22.0 Å². The maximum absolute atomic E-state index is 13.6. The van der Waals surface area contributed by atoms with Gasteiger partial charge >= 0.3 is 11.4 Å². The van der Waals surface area contributed by atoms with Crippen molar-refractivity contribution in [3.05, 3.63) is 39.7 Å². The van der Waals surface area contributed by atoms with Gasteiger partial charge in [-0.25, -0.2) is 4.39 Å². The Morgan fingerprint density at radius 2 is 1.83 bits per heavy atom. The monoisotopic (exact) mass is 369 g/mol. The molecular weight excluding hydrogens is 356 g/mol. The van der Waals surface area contributed by atoms with E-state index in [2.05, 4.69) is 4.98 Å². The van der Waals surface area contributed by atoms with Crippen LogP contribution in [0.2, 0.25) is 0 Å². The first kappa shape index (κ1) is 18.7. The number of aromatic amines is 1. The Bertz CT molecular complexity index is 814. The van der Waals surface area contributed by atoms with Crippen molar-refractivity contribution >= 4 is 22.7 Å². The normalized spacial score (nSPS) is 14.2. The molecular formula is C15H13F6NOS. The Morgan fingerprint density at radius 3 is 2.38 bits per heavy atom. The van der Waals surface area contributed by atoms with Gasteiger partial charge in [-0.1, -0.05) is 13.0 Å². The average molecular weight is 369 g/mol. The van der Waals surface area contributed by atoms with E-state index in [9.17, 15) is 31.1 Å². The number of hydrogen-bond donors (Lipinski definition) is 1. The van der Waals surface area contributed by atoms with Crippen LogP contribution in [0.3, 0.4) is 0 Å². The fraction of sp³-hybridized carbons (Fsp3) is 0.400. The minimum Gasteiger partial charge on any atom is -0.357 e. The van der Waals surface area contributed by atoms with Crippen LogP contribution in [0.1, 0.15) is 18.2 Å². The lowest BCUT2D eigenvalue weighted by molar-refractivity contribution is -0.219. The minimum absolute atomic E-state index is 0.0456. The van der Waals surface area contributed by atoms with Crippen LogP contribution in [-0.4, -0.2) is 22.6 Å². The first-order valence-electron chi connectivity index (χ1n) is 6.90. The van der Waals surface area contributed by atoms with Crippen LogP contribution in [-0.2, 0) is 6.42 Å². The van der Waals surface area contributed by atoms with E-state index in [0.717, 1.165) is 5.56 Å². The van der Waals surface area contributed by atoms with Crippen LogP contribution in [0, 0.1) is 6.92 Å². The van der Waals surface area contributed by atoms with Gasteiger partial charge < -0.3 is 4.98 Å². The van der Waals surface area contributed by atoms with Crippen molar-refractivity contribution in [1.82, 2.24) is 4.98 Å². The van der Waals surface area contributed by atoms with Gasteiger partial charge in [-0.3, -0.25) is 4.79 Å². The number of benzene rings is 1. The van der Waals surface area contributed by atoms with Crippen LogP contribution in [0.15, 0.2) is 27.9 Å². The van der Waals surface area contributed by atoms with Crippen LogP contribution in [0.4, 0.5) is 26.3 Å². The van der Waals surface area contributed by atoms with Gasteiger partial charge in [0.25, 0.3) is 6.17 Å². The molecule has 0 radical (unpaired) electrons. The Hall–Kier alpha value is -1.64. The van der Waals surface area contributed by atoms with E-state index in [-0.39, 0.29) is 11.1 Å². The molecule has 1 heterocycles.